The molecular formula is C17H15N3O6. The molecule has 0 atom stereocenters. The molecule has 9 nitrogen and oxygen atoms in total. The van der Waals surface area contributed by atoms with E-state index >= 15 is 0 Å². The maximum absolute atomic E-state index is 11.8. The van der Waals surface area contributed by atoms with Crippen LogP contribution < -0.4 is 20.1 Å². The van der Waals surface area contributed by atoms with Gasteiger partial charge in [0, 0.05) is 24.1 Å². The number of urea groups is 1. The number of nitrogens with zero attached hydrogens (tertiary/aromatic N) is 1. The van der Waals surface area contributed by atoms with Crippen LogP contribution >= 0.6 is 0 Å². The molecule has 1 aromatic heterocycles. The smallest absolute Gasteiger partial charge is 0.338 e. The van der Waals surface area contributed by atoms with Gasteiger partial charge in [-0.1, -0.05) is 0 Å². The van der Waals surface area contributed by atoms with E-state index in [4.69, 9.17) is 14.2 Å². The number of amides is 3. The van der Waals surface area contributed by atoms with Gasteiger partial charge in [0.1, 0.15) is 13.2 Å². The number of fused-ring (bicyclic) bond motifs is 1. The fourth-order valence-corrected chi connectivity index (χ4v) is 2.15. The highest BCUT2D eigenvalue weighted by Gasteiger charge is 2.15. The molecule has 0 spiro atoms. The van der Waals surface area contributed by atoms with Gasteiger partial charge in [0.05, 0.1) is 5.56 Å². The highest BCUT2D eigenvalue weighted by Crippen LogP contribution is 2.32. The summed E-state index contributed by atoms with van der Waals surface area (Å²) in [5, 5.41) is 4.55. The molecule has 2 N–H and O–H groups in total. The molecule has 134 valence electrons. The van der Waals surface area contributed by atoms with Crippen molar-refractivity contribution in [2.45, 2.75) is 0 Å². The number of ether oxygens (including phenoxy) is 3. The third-order valence-electron chi connectivity index (χ3n) is 3.30. The maximum atomic E-state index is 11.8. The molecule has 9 heteroatoms. The molecule has 3 rings (SSSR count). The number of aromatic nitrogens is 1. The number of pyridine rings is 1. The summed E-state index contributed by atoms with van der Waals surface area (Å²) in [6, 6.07) is 7.00. The van der Waals surface area contributed by atoms with Gasteiger partial charge in [0.25, 0.3) is 5.91 Å². The summed E-state index contributed by atoms with van der Waals surface area (Å²) in [6.07, 6.45) is 2.86. The van der Waals surface area contributed by atoms with E-state index in [2.05, 4.69) is 15.6 Å². The van der Waals surface area contributed by atoms with Gasteiger partial charge in [0.2, 0.25) is 0 Å². The van der Waals surface area contributed by atoms with Crippen molar-refractivity contribution in [1.29, 1.82) is 0 Å². The Kier molecular flexibility index (Phi) is 5.28. The number of anilines is 1. The highest BCUT2D eigenvalue weighted by molar-refractivity contribution is 6.02. The molecule has 1 aliphatic rings. The predicted molar refractivity (Wildman–Crippen MR) is 89.1 cm³/mol. The molecule has 0 saturated carbocycles. The predicted octanol–water partition coefficient (Wildman–Crippen LogP) is 1.36. The Balaban J connectivity index is 1.47. The van der Waals surface area contributed by atoms with E-state index in [1.54, 1.807) is 18.2 Å². The first kappa shape index (κ1) is 17.2. The average molecular weight is 357 g/mol. The maximum Gasteiger partial charge on any atom is 0.338 e. The standard InChI is InChI=1S/C17H15N3O6/c21-15(10-26-16(22)11-3-5-18-6-4-11)20-17(23)19-12-1-2-13-14(9-12)25-8-7-24-13/h1-6,9H,7-8,10H2,(H2,19,20,21,23). The van der Waals surface area contributed by atoms with Crippen LogP contribution in [0, 0.1) is 0 Å². The second-order valence-electron chi connectivity index (χ2n) is 5.17. The lowest BCUT2D eigenvalue weighted by Crippen LogP contribution is -2.37. The Morgan fingerprint density at radius 3 is 2.54 bits per heavy atom. The molecule has 2 heterocycles. The first-order chi connectivity index (χ1) is 12.6. The SMILES string of the molecule is O=C(COC(=O)c1ccncc1)NC(=O)Nc1ccc2c(c1)OCCO2. The number of nitrogens with one attached hydrogen (secondary N) is 2. The highest BCUT2D eigenvalue weighted by atomic mass is 16.6. The fourth-order valence-electron chi connectivity index (χ4n) is 2.15. The second kappa shape index (κ2) is 7.97. The zero-order chi connectivity index (χ0) is 18.4. The summed E-state index contributed by atoms with van der Waals surface area (Å²) >= 11 is 0. The minimum Gasteiger partial charge on any atom is -0.486 e. The minimum atomic E-state index is -0.762. The Labute approximate surface area is 148 Å². The van der Waals surface area contributed by atoms with Gasteiger partial charge < -0.3 is 19.5 Å². The number of hydrogen-bond donors (Lipinski definition) is 2. The van der Waals surface area contributed by atoms with Crippen LogP contribution in [0.5, 0.6) is 11.5 Å². The van der Waals surface area contributed by atoms with Gasteiger partial charge in [-0.25, -0.2) is 9.59 Å². The molecule has 0 unspecified atom stereocenters. The lowest BCUT2D eigenvalue weighted by Gasteiger charge is -2.19. The van der Waals surface area contributed by atoms with Gasteiger partial charge in [-0.15, -0.1) is 0 Å². The first-order valence-corrected chi connectivity index (χ1v) is 7.69. The Morgan fingerprint density at radius 1 is 1.04 bits per heavy atom. The van der Waals surface area contributed by atoms with E-state index in [-0.39, 0.29) is 5.56 Å². The van der Waals surface area contributed by atoms with Crippen molar-refractivity contribution in [1.82, 2.24) is 10.3 Å². The molecular weight excluding hydrogens is 342 g/mol. The molecule has 2 aromatic rings. The molecule has 1 aliphatic heterocycles. The van der Waals surface area contributed by atoms with Crippen molar-refractivity contribution in [3.05, 3.63) is 48.3 Å². The van der Waals surface area contributed by atoms with Crippen LogP contribution in [0.15, 0.2) is 42.7 Å². The van der Waals surface area contributed by atoms with E-state index in [1.165, 1.54) is 24.5 Å². The Morgan fingerprint density at radius 2 is 1.77 bits per heavy atom. The Bertz CT molecular complexity index is 825. The summed E-state index contributed by atoms with van der Waals surface area (Å²) in [6.45, 7) is 0.298. The normalized spacial score (nSPS) is 12.0. The van der Waals surface area contributed by atoms with E-state index < -0.39 is 24.5 Å². The quantitative estimate of drug-likeness (QED) is 0.794. The lowest BCUT2D eigenvalue weighted by molar-refractivity contribution is -0.123. The number of esters is 1. The van der Waals surface area contributed by atoms with E-state index in [1.807, 2.05) is 0 Å². The number of carbonyl (C=O) groups excluding carboxylic acids is 3. The van der Waals surface area contributed by atoms with Crippen LogP contribution in [-0.2, 0) is 9.53 Å². The summed E-state index contributed by atoms with van der Waals surface area (Å²) in [5.74, 6) is -0.356. The molecule has 0 fully saturated rings. The number of hydrogen-bond acceptors (Lipinski definition) is 7. The third kappa shape index (κ3) is 4.47. The number of rotatable bonds is 4. The summed E-state index contributed by atoms with van der Waals surface area (Å²) in [7, 11) is 0. The molecule has 0 saturated heterocycles. The monoisotopic (exact) mass is 357 g/mol. The molecule has 0 bridgehead atoms. The summed E-state index contributed by atoms with van der Waals surface area (Å²) in [4.78, 5) is 39.0. The van der Waals surface area contributed by atoms with Crippen molar-refractivity contribution in [2.75, 3.05) is 25.1 Å². The largest absolute Gasteiger partial charge is 0.486 e. The first-order valence-electron chi connectivity index (χ1n) is 7.69. The van der Waals surface area contributed by atoms with Crippen LogP contribution in [0.3, 0.4) is 0 Å². The average Bonchev–Trinajstić information content (AvgIpc) is 2.66. The second-order valence-corrected chi connectivity index (χ2v) is 5.17. The van der Waals surface area contributed by atoms with Crippen molar-refractivity contribution in [2.24, 2.45) is 0 Å². The molecule has 0 aliphatic carbocycles. The molecule has 3 amide bonds. The molecule has 0 radical (unpaired) electrons. The minimum absolute atomic E-state index is 0.258. The van der Waals surface area contributed by atoms with Gasteiger partial charge >= 0.3 is 12.0 Å². The van der Waals surface area contributed by atoms with Crippen molar-refractivity contribution >= 4 is 23.6 Å². The van der Waals surface area contributed by atoms with Crippen molar-refractivity contribution in [3.8, 4) is 11.5 Å². The van der Waals surface area contributed by atoms with E-state index in [9.17, 15) is 14.4 Å². The van der Waals surface area contributed by atoms with Gasteiger partial charge in [-0.05, 0) is 24.3 Å². The van der Waals surface area contributed by atoms with E-state index in [0.717, 1.165) is 0 Å². The molecule has 26 heavy (non-hydrogen) atoms. The van der Waals surface area contributed by atoms with Crippen LogP contribution in [0.4, 0.5) is 10.5 Å². The number of imide groups is 1. The zero-order valence-corrected chi connectivity index (χ0v) is 13.6. The van der Waals surface area contributed by atoms with Gasteiger partial charge in [-0.3, -0.25) is 15.1 Å². The Hall–Kier alpha value is -3.62. The summed E-state index contributed by atoms with van der Waals surface area (Å²) in [5.41, 5.74) is 0.682. The van der Waals surface area contributed by atoms with Crippen molar-refractivity contribution in [3.63, 3.8) is 0 Å². The zero-order valence-electron chi connectivity index (χ0n) is 13.6. The van der Waals surface area contributed by atoms with Crippen molar-refractivity contribution < 1.29 is 28.6 Å². The van der Waals surface area contributed by atoms with Crippen LogP contribution in [0.25, 0.3) is 0 Å². The van der Waals surface area contributed by atoms with Gasteiger partial charge in [-0.2, -0.15) is 0 Å². The number of benzene rings is 1. The van der Waals surface area contributed by atoms with Crippen LogP contribution in [0.2, 0.25) is 0 Å². The third-order valence-corrected chi connectivity index (χ3v) is 3.30. The topological polar surface area (TPSA) is 116 Å². The fraction of sp³-hybridized carbons (Fsp3) is 0.176. The van der Waals surface area contributed by atoms with E-state index in [0.29, 0.717) is 30.4 Å². The van der Waals surface area contributed by atoms with Gasteiger partial charge in [0.15, 0.2) is 18.1 Å². The molecule has 1 aromatic carbocycles. The van der Waals surface area contributed by atoms with Crippen LogP contribution in [0.1, 0.15) is 10.4 Å². The lowest BCUT2D eigenvalue weighted by atomic mass is 10.2. The summed E-state index contributed by atoms with van der Waals surface area (Å²) < 4.78 is 15.6. The number of carbonyl (C=O) groups is 3. The van der Waals surface area contributed by atoms with Crippen LogP contribution in [-0.4, -0.2) is 42.7 Å².